The average Bonchev–Trinajstić information content (AvgIpc) is 2.99. The number of hydrogen-bond acceptors (Lipinski definition) is 0. The summed E-state index contributed by atoms with van der Waals surface area (Å²) in [6.45, 7) is 7.93. The van der Waals surface area contributed by atoms with Crippen LogP contribution in [-0.4, -0.2) is 9.13 Å². The highest BCUT2D eigenvalue weighted by molar-refractivity contribution is 6.13. The molecule has 0 unspecified atom stereocenters. The third-order valence-corrected chi connectivity index (χ3v) is 4.72. The molecule has 0 fully saturated rings. The normalized spacial score (nSPS) is 11.5. The number of fused-ring (bicyclic) bond motifs is 4. The standard InChI is InChI=1S/C20H18N2/c1-5-13-15-11-20-16(12-19(15)21(3)17(13)6-2)14-9-7-8-10-18(14)22(20)4/h5-12H,1-2H2,3-4H3. The molecule has 0 radical (unpaired) electrons. The molecule has 2 heteroatoms. The summed E-state index contributed by atoms with van der Waals surface area (Å²) < 4.78 is 4.46. The molecule has 0 saturated heterocycles. The number of rotatable bonds is 2. The van der Waals surface area contributed by atoms with E-state index in [0.717, 1.165) is 11.3 Å². The molecule has 4 aromatic rings. The lowest BCUT2D eigenvalue weighted by molar-refractivity contribution is 0.954. The predicted octanol–water partition coefficient (Wildman–Crippen LogP) is 5.11. The fourth-order valence-corrected chi connectivity index (χ4v) is 3.60. The van der Waals surface area contributed by atoms with E-state index >= 15 is 0 Å². The third kappa shape index (κ3) is 1.44. The van der Waals surface area contributed by atoms with Gasteiger partial charge in [0.25, 0.3) is 0 Å². The van der Waals surface area contributed by atoms with Crippen molar-refractivity contribution in [3.63, 3.8) is 0 Å². The van der Waals surface area contributed by atoms with E-state index in [-0.39, 0.29) is 0 Å². The Morgan fingerprint density at radius 3 is 2.18 bits per heavy atom. The summed E-state index contributed by atoms with van der Waals surface area (Å²) in [5, 5.41) is 3.81. The van der Waals surface area contributed by atoms with Gasteiger partial charge in [0.2, 0.25) is 0 Å². The highest BCUT2D eigenvalue weighted by Gasteiger charge is 2.15. The molecule has 2 nitrogen and oxygen atoms in total. The van der Waals surface area contributed by atoms with Gasteiger partial charge in [-0.05, 0) is 24.3 Å². The van der Waals surface area contributed by atoms with E-state index < -0.39 is 0 Å². The van der Waals surface area contributed by atoms with Crippen LogP contribution in [0.1, 0.15) is 11.3 Å². The lowest BCUT2D eigenvalue weighted by Crippen LogP contribution is -1.90. The van der Waals surface area contributed by atoms with Gasteiger partial charge in [-0.25, -0.2) is 0 Å². The summed E-state index contributed by atoms with van der Waals surface area (Å²) in [5.74, 6) is 0. The first-order valence-electron chi connectivity index (χ1n) is 7.41. The molecule has 0 atom stereocenters. The van der Waals surface area contributed by atoms with Crippen molar-refractivity contribution in [3.8, 4) is 0 Å². The van der Waals surface area contributed by atoms with Gasteiger partial charge in [0.15, 0.2) is 0 Å². The maximum Gasteiger partial charge on any atom is 0.0496 e. The molecular weight excluding hydrogens is 268 g/mol. The van der Waals surface area contributed by atoms with E-state index in [9.17, 15) is 0 Å². The van der Waals surface area contributed by atoms with Gasteiger partial charge in [-0.2, -0.15) is 0 Å². The van der Waals surface area contributed by atoms with E-state index in [1.54, 1.807) is 0 Å². The molecule has 0 amide bonds. The van der Waals surface area contributed by atoms with E-state index in [1.165, 1.54) is 32.7 Å². The molecule has 108 valence electrons. The Morgan fingerprint density at radius 2 is 1.45 bits per heavy atom. The Kier molecular flexibility index (Phi) is 2.58. The summed E-state index contributed by atoms with van der Waals surface area (Å²) in [5.41, 5.74) is 5.99. The summed E-state index contributed by atoms with van der Waals surface area (Å²) in [7, 11) is 4.21. The minimum absolute atomic E-state index is 1.12. The SMILES string of the molecule is C=Cc1c(C=C)n(C)c2cc3c4ccccc4n(C)c3cc12. The van der Waals surface area contributed by atoms with Crippen LogP contribution in [-0.2, 0) is 14.1 Å². The summed E-state index contributed by atoms with van der Waals surface area (Å²) in [4.78, 5) is 0. The van der Waals surface area contributed by atoms with Crippen molar-refractivity contribution in [3.05, 3.63) is 60.8 Å². The zero-order valence-electron chi connectivity index (χ0n) is 12.9. The van der Waals surface area contributed by atoms with Gasteiger partial charge in [-0.3, -0.25) is 0 Å². The second-order valence-corrected chi connectivity index (χ2v) is 5.73. The Hall–Kier alpha value is -2.74. The quantitative estimate of drug-likeness (QED) is 0.484. The molecule has 0 aliphatic rings. The summed E-state index contributed by atoms with van der Waals surface area (Å²) >= 11 is 0. The molecular formula is C20H18N2. The van der Waals surface area contributed by atoms with Crippen molar-refractivity contribution in [2.75, 3.05) is 0 Å². The van der Waals surface area contributed by atoms with Gasteiger partial charge in [0, 0.05) is 58.1 Å². The largest absolute Gasteiger partial charge is 0.344 e. The van der Waals surface area contributed by atoms with Crippen LogP contribution in [0.15, 0.2) is 49.6 Å². The maximum absolute atomic E-state index is 3.98. The smallest absolute Gasteiger partial charge is 0.0496 e. The monoisotopic (exact) mass is 286 g/mol. The number of aryl methyl sites for hydroxylation is 2. The predicted molar refractivity (Wildman–Crippen MR) is 97.1 cm³/mol. The van der Waals surface area contributed by atoms with Gasteiger partial charge < -0.3 is 9.13 Å². The van der Waals surface area contributed by atoms with Crippen LogP contribution >= 0.6 is 0 Å². The second kappa shape index (κ2) is 4.38. The fourth-order valence-electron chi connectivity index (χ4n) is 3.60. The first-order chi connectivity index (χ1) is 10.7. The van der Waals surface area contributed by atoms with Crippen molar-refractivity contribution in [1.82, 2.24) is 9.13 Å². The molecule has 0 aliphatic carbocycles. The van der Waals surface area contributed by atoms with Crippen LogP contribution in [0.3, 0.4) is 0 Å². The minimum atomic E-state index is 1.12. The second-order valence-electron chi connectivity index (χ2n) is 5.73. The van der Waals surface area contributed by atoms with E-state index in [1.807, 2.05) is 12.2 Å². The van der Waals surface area contributed by atoms with Gasteiger partial charge in [0.05, 0.1) is 0 Å². The number of hydrogen-bond donors (Lipinski definition) is 0. The van der Waals surface area contributed by atoms with Gasteiger partial charge in [0.1, 0.15) is 0 Å². The van der Waals surface area contributed by atoms with Gasteiger partial charge in [-0.15, -0.1) is 0 Å². The lowest BCUT2D eigenvalue weighted by Gasteiger charge is -2.00. The third-order valence-electron chi connectivity index (χ3n) is 4.72. The fraction of sp³-hybridized carbons (Fsp3) is 0.100. The minimum Gasteiger partial charge on any atom is -0.344 e. The molecule has 0 bridgehead atoms. The molecule has 2 aromatic heterocycles. The summed E-state index contributed by atoms with van der Waals surface area (Å²) in [6.07, 6.45) is 3.83. The molecule has 0 spiro atoms. The maximum atomic E-state index is 3.98. The van der Waals surface area contributed by atoms with Gasteiger partial charge >= 0.3 is 0 Å². The van der Waals surface area contributed by atoms with Crippen LogP contribution in [0.2, 0.25) is 0 Å². The zero-order valence-corrected chi connectivity index (χ0v) is 12.9. The average molecular weight is 286 g/mol. The van der Waals surface area contributed by atoms with Gasteiger partial charge in [-0.1, -0.05) is 37.4 Å². The molecule has 2 aromatic carbocycles. The van der Waals surface area contributed by atoms with Crippen molar-refractivity contribution >= 4 is 44.9 Å². The molecule has 2 heterocycles. The van der Waals surface area contributed by atoms with Crippen molar-refractivity contribution in [2.24, 2.45) is 14.1 Å². The van der Waals surface area contributed by atoms with E-state index in [2.05, 4.69) is 72.8 Å². The van der Waals surface area contributed by atoms with Crippen LogP contribution in [0.5, 0.6) is 0 Å². The number of para-hydroxylation sites is 1. The molecule has 0 aliphatic heterocycles. The van der Waals surface area contributed by atoms with Crippen molar-refractivity contribution < 1.29 is 0 Å². The Labute approximate surface area is 129 Å². The zero-order chi connectivity index (χ0) is 15.4. The first-order valence-corrected chi connectivity index (χ1v) is 7.41. The molecule has 22 heavy (non-hydrogen) atoms. The Morgan fingerprint density at radius 1 is 0.773 bits per heavy atom. The van der Waals surface area contributed by atoms with E-state index in [4.69, 9.17) is 0 Å². The van der Waals surface area contributed by atoms with Crippen molar-refractivity contribution in [1.29, 1.82) is 0 Å². The number of nitrogens with zero attached hydrogens (tertiary/aromatic N) is 2. The topological polar surface area (TPSA) is 9.86 Å². The molecule has 0 saturated carbocycles. The Bertz CT molecular complexity index is 1070. The van der Waals surface area contributed by atoms with Crippen molar-refractivity contribution in [2.45, 2.75) is 0 Å². The first kappa shape index (κ1) is 13.0. The lowest BCUT2D eigenvalue weighted by atomic mass is 10.1. The molecule has 0 N–H and O–H groups in total. The van der Waals surface area contributed by atoms with E-state index in [0.29, 0.717) is 0 Å². The van der Waals surface area contributed by atoms with Crippen LogP contribution in [0.4, 0.5) is 0 Å². The highest BCUT2D eigenvalue weighted by atomic mass is 15.0. The Balaban J connectivity index is 2.29. The number of benzene rings is 2. The highest BCUT2D eigenvalue weighted by Crippen LogP contribution is 2.35. The molecule has 4 rings (SSSR count). The number of aromatic nitrogens is 2. The van der Waals surface area contributed by atoms with Crippen LogP contribution < -0.4 is 0 Å². The van der Waals surface area contributed by atoms with Crippen LogP contribution in [0.25, 0.3) is 44.9 Å². The van der Waals surface area contributed by atoms with Crippen LogP contribution in [0, 0.1) is 0 Å². The summed E-state index contributed by atoms with van der Waals surface area (Å²) in [6, 6.07) is 13.1.